The summed E-state index contributed by atoms with van der Waals surface area (Å²) in [6.45, 7) is 3.62. The summed E-state index contributed by atoms with van der Waals surface area (Å²) in [7, 11) is 0. The first-order valence-electron chi connectivity index (χ1n) is 25.1. The minimum atomic E-state index is -1.71. The van der Waals surface area contributed by atoms with E-state index < -0.39 is 86.7 Å². The van der Waals surface area contributed by atoms with E-state index >= 15 is 0 Å². The van der Waals surface area contributed by atoms with E-state index in [9.17, 15) is 40.5 Å². The summed E-state index contributed by atoms with van der Waals surface area (Å²) in [6, 6.07) is 0. The normalized spacial score (nSPS) is 27.0. The van der Waals surface area contributed by atoms with Gasteiger partial charge >= 0.3 is 5.97 Å². The van der Waals surface area contributed by atoms with Crippen LogP contribution in [0.5, 0.6) is 0 Å². The Morgan fingerprint density at radius 3 is 1.52 bits per heavy atom. The average Bonchev–Trinajstić information content (AvgIpc) is 3.29. The second kappa shape index (κ2) is 38.2. The van der Waals surface area contributed by atoms with Crippen LogP contribution in [0.3, 0.4) is 0 Å². The second-order valence-corrected chi connectivity index (χ2v) is 17.6. The summed E-state index contributed by atoms with van der Waals surface area (Å²) in [6.07, 6.45) is 24.9. The molecule has 14 heteroatoms. The molecule has 0 bridgehead atoms. The number of carbonyl (C=O) groups is 1. The Morgan fingerprint density at radius 2 is 0.969 bits per heavy atom. The van der Waals surface area contributed by atoms with Crippen molar-refractivity contribution in [3.05, 3.63) is 36.5 Å². The first kappa shape index (κ1) is 58.3. The fourth-order valence-electron chi connectivity index (χ4n) is 7.72. The van der Waals surface area contributed by atoms with E-state index in [0.717, 1.165) is 70.6 Å². The van der Waals surface area contributed by atoms with Crippen LogP contribution < -0.4 is 0 Å². The Balaban J connectivity index is 1.79. The molecule has 0 spiro atoms. The molecule has 2 fully saturated rings. The molecule has 2 rings (SSSR count). The maximum atomic E-state index is 13.0. The van der Waals surface area contributed by atoms with Crippen molar-refractivity contribution in [3.8, 4) is 0 Å². The van der Waals surface area contributed by atoms with Gasteiger partial charge in [-0.1, -0.05) is 134 Å². The van der Waals surface area contributed by atoms with Crippen LogP contribution in [0.2, 0.25) is 0 Å². The van der Waals surface area contributed by atoms with Gasteiger partial charge in [0.15, 0.2) is 12.6 Å². The predicted molar refractivity (Wildman–Crippen MR) is 247 cm³/mol. The highest BCUT2D eigenvalue weighted by Crippen LogP contribution is 2.26. The summed E-state index contributed by atoms with van der Waals surface area (Å²) in [5.74, 6) is -0.392. The molecule has 64 heavy (non-hydrogen) atoms. The van der Waals surface area contributed by atoms with Gasteiger partial charge < -0.3 is 64.2 Å². The van der Waals surface area contributed by atoms with E-state index in [-0.39, 0.29) is 19.6 Å². The maximum Gasteiger partial charge on any atom is 0.306 e. The first-order chi connectivity index (χ1) is 31.1. The zero-order valence-corrected chi connectivity index (χ0v) is 39.5. The van der Waals surface area contributed by atoms with Crippen molar-refractivity contribution >= 4 is 5.97 Å². The average molecular weight is 915 g/mol. The number of hydrogen-bond donors (Lipinski definition) is 7. The molecule has 2 aliphatic heterocycles. The van der Waals surface area contributed by atoms with Crippen molar-refractivity contribution in [1.29, 1.82) is 0 Å². The smallest absolute Gasteiger partial charge is 0.306 e. The van der Waals surface area contributed by atoms with E-state index in [1.54, 1.807) is 0 Å². The van der Waals surface area contributed by atoms with Gasteiger partial charge in [-0.3, -0.25) is 4.79 Å². The van der Waals surface area contributed by atoms with Crippen molar-refractivity contribution in [2.45, 2.75) is 242 Å². The minimum Gasteiger partial charge on any atom is -0.457 e. The lowest BCUT2D eigenvalue weighted by atomic mass is 9.98. The van der Waals surface area contributed by atoms with Gasteiger partial charge in [-0.15, -0.1) is 0 Å². The Morgan fingerprint density at radius 1 is 0.516 bits per heavy atom. The molecule has 2 heterocycles. The van der Waals surface area contributed by atoms with Crippen LogP contribution in [0.1, 0.15) is 174 Å². The number of hydrogen-bond acceptors (Lipinski definition) is 14. The summed E-state index contributed by atoms with van der Waals surface area (Å²) < 4.78 is 34.2. The largest absolute Gasteiger partial charge is 0.457 e. The van der Waals surface area contributed by atoms with E-state index in [1.165, 1.54) is 77.0 Å². The summed E-state index contributed by atoms with van der Waals surface area (Å²) in [5, 5.41) is 72.0. The van der Waals surface area contributed by atoms with Crippen molar-refractivity contribution < 1.29 is 69.0 Å². The fraction of sp³-hybridized carbons (Fsp3) is 0.860. The number of esters is 1. The topological polar surface area (TPSA) is 214 Å². The monoisotopic (exact) mass is 915 g/mol. The van der Waals surface area contributed by atoms with Crippen LogP contribution in [0.4, 0.5) is 0 Å². The SMILES string of the molecule is CCCCCC/C=C\C/C=C\CCCCCCCC(=O)OC(COCCCCCCCC/C=C\CCCCCC)COC1OC(COC2OC(CO)C(O)C(O)C2O)C(O)C(O)C1O. The van der Waals surface area contributed by atoms with Gasteiger partial charge in [-0.2, -0.15) is 0 Å². The van der Waals surface area contributed by atoms with Crippen molar-refractivity contribution in [3.63, 3.8) is 0 Å². The highest BCUT2D eigenvalue weighted by molar-refractivity contribution is 5.69. The first-order valence-corrected chi connectivity index (χ1v) is 25.1. The van der Waals surface area contributed by atoms with Gasteiger partial charge in [0.1, 0.15) is 54.9 Å². The molecular formula is C50H90O14. The summed E-state index contributed by atoms with van der Waals surface area (Å²) >= 11 is 0. The molecule has 0 radical (unpaired) electrons. The number of aliphatic hydroxyl groups excluding tert-OH is 7. The second-order valence-electron chi connectivity index (χ2n) is 17.6. The molecule has 0 aliphatic carbocycles. The molecule has 11 unspecified atom stereocenters. The van der Waals surface area contributed by atoms with E-state index in [4.69, 9.17) is 28.4 Å². The standard InChI is InChI=1S/C50H90O14/c1-3-5-7-9-11-13-15-17-19-20-21-23-25-27-29-31-33-42(52)62-39(36-59-34-32-30-28-26-24-22-18-16-14-12-10-8-6-4-2)37-60-49-48(58)46(56)44(54)41(64-49)38-61-50-47(57)45(55)43(53)40(35-51)63-50/h13-16,19-20,39-41,43-51,53-58H,3-12,17-18,21-38H2,1-2H3/b15-13-,16-14-,20-19-. The molecule has 14 nitrogen and oxygen atoms in total. The number of rotatable bonds is 39. The van der Waals surface area contributed by atoms with Crippen molar-refractivity contribution in [2.75, 3.05) is 33.0 Å². The Hall–Kier alpha value is -1.79. The lowest BCUT2D eigenvalue weighted by molar-refractivity contribution is -0.332. The van der Waals surface area contributed by atoms with Crippen LogP contribution in [0, 0.1) is 0 Å². The van der Waals surface area contributed by atoms with Gasteiger partial charge in [0.05, 0.1) is 26.4 Å². The third-order valence-corrected chi connectivity index (χ3v) is 11.9. The quantitative estimate of drug-likeness (QED) is 0.0188. The molecule has 2 saturated heterocycles. The molecule has 7 N–H and O–H groups in total. The summed E-state index contributed by atoms with van der Waals surface area (Å²) in [4.78, 5) is 13.0. The molecular weight excluding hydrogens is 825 g/mol. The summed E-state index contributed by atoms with van der Waals surface area (Å²) in [5.41, 5.74) is 0. The minimum absolute atomic E-state index is 0.0520. The third kappa shape index (κ3) is 25.9. The molecule has 0 amide bonds. The van der Waals surface area contributed by atoms with Crippen LogP contribution >= 0.6 is 0 Å². The molecule has 2 aliphatic rings. The molecule has 0 aromatic carbocycles. The maximum absolute atomic E-state index is 13.0. The lowest BCUT2D eigenvalue weighted by Gasteiger charge is -2.42. The molecule has 374 valence electrons. The molecule has 0 saturated carbocycles. The number of allylic oxidation sites excluding steroid dienone is 6. The highest BCUT2D eigenvalue weighted by atomic mass is 16.7. The zero-order valence-electron chi connectivity index (χ0n) is 39.5. The number of ether oxygens (including phenoxy) is 6. The van der Waals surface area contributed by atoms with Crippen LogP contribution in [-0.4, -0.2) is 142 Å². The molecule has 11 atom stereocenters. The number of carbonyl (C=O) groups excluding carboxylic acids is 1. The van der Waals surface area contributed by atoms with Crippen LogP contribution in [0.15, 0.2) is 36.5 Å². The van der Waals surface area contributed by atoms with Crippen molar-refractivity contribution in [2.24, 2.45) is 0 Å². The van der Waals surface area contributed by atoms with Gasteiger partial charge in [-0.05, 0) is 70.6 Å². The number of unbranched alkanes of at least 4 members (excludes halogenated alkanes) is 19. The van der Waals surface area contributed by atoms with Gasteiger partial charge in [0, 0.05) is 13.0 Å². The van der Waals surface area contributed by atoms with Gasteiger partial charge in [0.25, 0.3) is 0 Å². The van der Waals surface area contributed by atoms with E-state index in [0.29, 0.717) is 13.0 Å². The van der Waals surface area contributed by atoms with Crippen molar-refractivity contribution in [1.82, 2.24) is 0 Å². The lowest BCUT2D eigenvalue weighted by Crippen LogP contribution is -2.61. The van der Waals surface area contributed by atoms with Gasteiger partial charge in [0.2, 0.25) is 0 Å². The molecule has 0 aromatic heterocycles. The third-order valence-electron chi connectivity index (χ3n) is 11.9. The van der Waals surface area contributed by atoms with Gasteiger partial charge in [-0.25, -0.2) is 0 Å². The van der Waals surface area contributed by atoms with E-state index in [2.05, 4.69) is 50.3 Å². The highest BCUT2D eigenvalue weighted by Gasteiger charge is 2.47. The zero-order chi connectivity index (χ0) is 46.6. The van der Waals surface area contributed by atoms with Crippen LogP contribution in [-0.2, 0) is 33.2 Å². The molecule has 0 aromatic rings. The Labute approximate surface area is 385 Å². The fourth-order valence-corrected chi connectivity index (χ4v) is 7.72. The Bertz CT molecular complexity index is 1200. The van der Waals surface area contributed by atoms with Crippen LogP contribution in [0.25, 0.3) is 0 Å². The predicted octanol–water partition coefficient (Wildman–Crippen LogP) is 7.02. The van der Waals surface area contributed by atoms with E-state index in [1.807, 2.05) is 0 Å². The Kier molecular flexibility index (Phi) is 34.8. The number of aliphatic hydroxyl groups is 7.